The Balaban J connectivity index is 0.00000200. The van der Waals surface area contributed by atoms with E-state index in [1.54, 1.807) is 0 Å². The van der Waals surface area contributed by atoms with E-state index >= 15 is 0 Å². The van der Waals surface area contributed by atoms with Crippen LogP contribution in [-0.2, 0) is 0 Å². The average molecular weight is 297 g/mol. The van der Waals surface area contributed by atoms with Gasteiger partial charge in [0.2, 0.25) is 0 Å². The number of fused-ring (bicyclic) bond motifs is 1. The number of nitrogens with one attached hydrogen (secondary N) is 1. The summed E-state index contributed by atoms with van der Waals surface area (Å²) in [6.45, 7) is 8.19. The fraction of sp³-hybridized carbons (Fsp3) is 0.400. The van der Waals surface area contributed by atoms with Gasteiger partial charge in [0, 0.05) is 23.5 Å². The molecule has 0 unspecified atom stereocenters. The highest BCUT2D eigenvalue weighted by Crippen LogP contribution is 2.30. The van der Waals surface area contributed by atoms with Crippen LogP contribution in [0.4, 0.5) is 0 Å². The number of hydrogen-bond acceptors (Lipinski definition) is 3. The van der Waals surface area contributed by atoms with Crippen LogP contribution in [0.3, 0.4) is 0 Å². The maximum absolute atomic E-state index is 12.2. The molecule has 0 radical (unpaired) electrons. The molecule has 110 valence electrons. The summed E-state index contributed by atoms with van der Waals surface area (Å²) in [5, 5.41) is 3.86. The normalized spacial score (nSPS) is 12.1. The summed E-state index contributed by atoms with van der Waals surface area (Å²) in [6, 6.07) is 3.98. The molecule has 1 aromatic carbocycles. The van der Waals surface area contributed by atoms with Gasteiger partial charge in [-0.3, -0.25) is 4.79 Å². The quantitative estimate of drug-likeness (QED) is 0.915. The van der Waals surface area contributed by atoms with Crippen LogP contribution < -0.4 is 11.1 Å². The Hall–Kier alpha value is -1.52. The van der Waals surface area contributed by atoms with Crippen molar-refractivity contribution in [2.45, 2.75) is 33.7 Å². The number of halogens is 1. The molecule has 0 saturated heterocycles. The van der Waals surface area contributed by atoms with Crippen molar-refractivity contribution in [1.29, 1.82) is 0 Å². The van der Waals surface area contributed by atoms with Gasteiger partial charge < -0.3 is 15.5 Å². The van der Waals surface area contributed by atoms with Crippen LogP contribution in [0.2, 0.25) is 0 Å². The van der Waals surface area contributed by atoms with Gasteiger partial charge in [0.15, 0.2) is 5.76 Å². The molecular weight excluding hydrogens is 276 g/mol. The SMILES string of the molecule is Cc1ccc(C)c2c(C)c(C(=O)N[C@@H](C)CN)oc12.Cl. The minimum atomic E-state index is -0.203. The average Bonchev–Trinajstić information content (AvgIpc) is 2.73. The zero-order chi connectivity index (χ0) is 14.2. The van der Waals surface area contributed by atoms with Gasteiger partial charge in [-0.15, -0.1) is 12.4 Å². The lowest BCUT2D eigenvalue weighted by Gasteiger charge is -2.09. The van der Waals surface area contributed by atoms with E-state index in [1.165, 1.54) is 0 Å². The molecule has 0 fully saturated rings. The Kier molecular flexibility index (Phi) is 5.20. The van der Waals surface area contributed by atoms with Crippen LogP contribution in [0.5, 0.6) is 0 Å². The monoisotopic (exact) mass is 296 g/mol. The first-order chi connectivity index (χ1) is 8.95. The van der Waals surface area contributed by atoms with Gasteiger partial charge in [0.05, 0.1) is 0 Å². The number of carbonyl (C=O) groups excluding carboxylic acids is 1. The molecule has 1 aromatic heterocycles. The first-order valence-electron chi connectivity index (χ1n) is 6.46. The number of carbonyl (C=O) groups is 1. The molecule has 2 rings (SSSR count). The lowest BCUT2D eigenvalue weighted by atomic mass is 10.0. The molecule has 0 aliphatic rings. The number of hydrogen-bond donors (Lipinski definition) is 2. The Bertz CT molecular complexity index is 634. The molecule has 1 amide bonds. The lowest BCUT2D eigenvalue weighted by molar-refractivity contribution is 0.0914. The smallest absolute Gasteiger partial charge is 0.287 e. The number of rotatable bonds is 3. The van der Waals surface area contributed by atoms with Crippen LogP contribution in [-0.4, -0.2) is 18.5 Å². The molecule has 0 spiro atoms. The van der Waals surface area contributed by atoms with Crippen LogP contribution in [0, 0.1) is 20.8 Å². The number of nitrogens with two attached hydrogens (primary N) is 1. The van der Waals surface area contributed by atoms with Crippen molar-refractivity contribution in [3.05, 3.63) is 34.6 Å². The number of aryl methyl sites for hydroxylation is 3. The molecule has 2 aromatic rings. The molecule has 0 aliphatic heterocycles. The van der Waals surface area contributed by atoms with Crippen LogP contribution in [0.15, 0.2) is 16.5 Å². The molecule has 0 aliphatic carbocycles. The molecule has 4 nitrogen and oxygen atoms in total. The first kappa shape index (κ1) is 16.5. The number of furan rings is 1. The summed E-state index contributed by atoms with van der Waals surface area (Å²) in [4.78, 5) is 12.2. The highest BCUT2D eigenvalue weighted by molar-refractivity contribution is 6.00. The second kappa shape index (κ2) is 6.29. The second-order valence-electron chi connectivity index (χ2n) is 5.07. The molecule has 1 heterocycles. The van der Waals surface area contributed by atoms with Crippen LogP contribution >= 0.6 is 12.4 Å². The van der Waals surface area contributed by atoms with Crippen molar-refractivity contribution < 1.29 is 9.21 Å². The van der Waals surface area contributed by atoms with E-state index in [4.69, 9.17) is 10.2 Å². The molecule has 1 atom stereocenters. The fourth-order valence-corrected chi connectivity index (χ4v) is 2.24. The minimum absolute atomic E-state index is 0. The zero-order valence-corrected chi connectivity index (χ0v) is 13.1. The van der Waals surface area contributed by atoms with Gasteiger partial charge in [0.1, 0.15) is 5.58 Å². The number of amides is 1. The van der Waals surface area contributed by atoms with Gasteiger partial charge in [-0.25, -0.2) is 0 Å². The summed E-state index contributed by atoms with van der Waals surface area (Å²) >= 11 is 0. The molecule has 3 N–H and O–H groups in total. The van der Waals surface area contributed by atoms with Crippen molar-refractivity contribution >= 4 is 29.3 Å². The maximum atomic E-state index is 12.2. The summed E-state index contributed by atoms with van der Waals surface area (Å²) in [5.41, 5.74) is 9.35. The van der Waals surface area contributed by atoms with E-state index in [0.717, 1.165) is 27.7 Å². The van der Waals surface area contributed by atoms with E-state index in [0.29, 0.717) is 12.3 Å². The van der Waals surface area contributed by atoms with Gasteiger partial charge in [-0.1, -0.05) is 12.1 Å². The highest BCUT2D eigenvalue weighted by Gasteiger charge is 2.20. The molecule has 0 saturated carbocycles. The van der Waals surface area contributed by atoms with Gasteiger partial charge >= 0.3 is 0 Å². The summed E-state index contributed by atoms with van der Waals surface area (Å²) in [5.74, 6) is 0.179. The van der Waals surface area contributed by atoms with E-state index < -0.39 is 0 Å². The van der Waals surface area contributed by atoms with Crippen molar-refractivity contribution in [1.82, 2.24) is 5.32 Å². The van der Waals surface area contributed by atoms with E-state index in [2.05, 4.69) is 5.32 Å². The van der Waals surface area contributed by atoms with Gasteiger partial charge in [0.25, 0.3) is 5.91 Å². The summed E-state index contributed by atoms with van der Waals surface area (Å²) in [7, 11) is 0. The van der Waals surface area contributed by atoms with E-state index in [9.17, 15) is 4.79 Å². The second-order valence-corrected chi connectivity index (χ2v) is 5.07. The topological polar surface area (TPSA) is 68.3 Å². The molecule has 20 heavy (non-hydrogen) atoms. The predicted octanol–water partition coefficient (Wildman–Crippen LogP) is 2.86. The van der Waals surface area contributed by atoms with Crippen LogP contribution in [0.25, 0.3) is 11.0 Å². The third-order valence-electron chi connectivity index (χ3n) is 3.42. The predicted molar refractivity (Wildman–Crippen MR) is 83.7 cm³/mol. The molecule has 5 heteroatoms. The Morgan fingerprint density at radius 1 is 1.30 bits per heavy atom. The van der Waals surface area contributed by atoms with Crippen molar-refractivity contribution in [3.63, 3.8) is 0 Å². The third-order valence-corrected chi connectivity index (χ3v) is 3.42. The standard InChI is InChI=1S/C15H20N2O2.ClH/c1-8-5-6-9(2)13-12(8)11(4)14(19-13)15(18)17-10(3)7-16;/h5-6,10H,7,16H2,1-4H3,(H,17,18);1H/t10-;/m0./s1. The van der Waals surface area contributed by atoms with Crippen LogP contribution in [0.1, 0.15) is 34.2 Å². The van der Waals surface area contributed by atoms with E-state index in [1.807, 2.05) is 39.8 Å². The molecule has 0 bridgehead atoms. The zero-order valence-electron chi connectivity index (χ0n) is 12.2. The number of benzene rings is 1. The van der Waals surface area contributed by atoms with Gasteiger partial charge in [-0.05, 0) is 38.8 Å². The van der Waals surface area contributed by atoms with Gasteiger partial charge in [-0.2, -0.15) is 0 Å². The summed E-state index contributed by atoms with van der Waals surface area (Å²) < 4.78 is 5.76. The summed E-state index contributed by atoms with van der Waals surface area (Å²) in [6.07, 6.45) is 0. The Labute approximate surface area is 125 Å². The fourth-order valence-electron chi connectivity index (χ4n) is 2.24. The molecular formula is C15H21ClN2O2. The first-order valence-corrected chi connectivity index (χ1v) is 6.46. The largest absolute Gasteiger partial charge is 0.450 e. The van der Waals surface area contributed by atoms with E-state index in [-0.39, 0.29) is 24.4 Å². The van der Waals surface area contributed by atoms with Crippen molar-refractivity contribution in [2.24, 2.45) is 5.73 Å². The van der Waals surface area contributed by atoms with Crippen molar-refractivity contribution in [3.8, 4) is 0 Å². The third kappa shape index (κ3) is 2.81. The minimum Gasteiger partial charge on any atom is -0.450 e. The lowest BCUT2D eigenvalue weighted by Crippen LogP contribution is -2.37. The Morgan fingerprint density at radius 3 is 2.45 bits per heavy atom. The van der Waals surface area contributed by atoms with Crippen molar-refractivity contribution in [2.75, 3.05) is 6.54 Å². The Morgan fingerprint density at radius 2 is 1.90 bits per heavy atom. The maximum Gasteiger partial charge on any atom is 0.287 e. The highest BCUT2D eigenvalue weighted by atomic mass is 35.5.